The lowest BCUT2D eigenvalue weighted by Gasteiger charge is -2.51. The predicted molar refractivity (Wildman–Crippen MR) is 177 cm³/mol. The van der Waals surface area contributed by atoms with Crippen LogP contribution in [0.2, 0.25) is 5.02 Å². The molecule has 2 saturated heterocycles. The standard InChI is InChI=1S/C38H38ClN3O7/c1-32(2)34(5)16-18-37(32,48-29(34)45)27(43)41-26-13-12-23(39)21-25(26)36(22-10-11-22,15-14-24-9-7-8-20-40-24)42(31(41)47)28(44)38-19-17-35(6,30(46)49-38)33(38,3)4/h7-9,12-13,20-22H,10-11,16-19H2,1-6H3/t34-,35-,36+,37+,38+/m0/s1. The van der Waals surface area contributed by atoms with Crippen molar-refractivity contribution >= 4 is 47.1 Å². The van der Waals surface area contributed by atoms with E-state index in [0.717, 1.165) is 9.80 Å². The first-order valence-electron chi connectivity index (χ1n) is 16.9. The van der Waals surface area contributed by atoms with Crippen LogP contribution >= 0.6 is 11.6 Å². The van der Waals surface area contributed by atoms with Crippen molar-refractivity contribution in [2.75, 3.05) is 4.90 Å². The highest BCUT2D eigenvalue weighted by Crippen LogP contribution is 2.69. The summed E-state index contributed by atoms with van der Waals surface area (Å²) in [7, 11) is 0. The van der Waals surface area contributed by atoms with Crippen molar-refractivity contribution in [1.82, 2.24) is 9.88 Å². The summed E-state index contributed by atoms with van der Waals surface area (Å²) in [5.74, 6) is 3.66. The summed E-state index contributed by atoms with van der Waals surface area (Å²) in [6.45, 7) is 10.9. The van der Waals surface area contributed by atoms with E-state index in [-0.39, 0.29) is 24.4 Å². The van der Waals surface area contributed by atoms with Gasteiger partial charge in [0.25, 0.3) is 11.8 Å². The van der Waals surface area contributed by atoms with Gasteiger partial charge in [0.2, 0.25) is 0 Å². The van der Waals surface area contributed by atoms with Crippen molar-refractivity contribution in [3.8, 4) is 11.8 Å². The normalized spacial score (nSPS) is 36.2. The largest absolute Gasteiger partial charge is 0.448 e. The predicted octanol–water partition coefficient (Wildman–Crippen LogP) is 5.93. The molecule has 4 bridgehead atoms. The van der Waals surface area contributed by atoms with Crippen LogP contribution in [0.25, 0.3) is 0 Å². The van der Waals surface area contributed by atoms with Gasteiger partial charge in [-0.25, -0.2) is 19.6 Å². The summed E-state index contributed by atoms with van der Waals surface area (Å²) in [4.78, 5) is 79.2. The number of fused-ring (bicyclic) bond motifs is 5. The number of nitrogens with zero attached hydrogens (tertiary/aromatic N) is 3. The average molecular weight is 684 g/mol. The van der Waals surface area contributed by atoms with Gasteiger partial charge < -0.3 is 9.47 Å². The Labute approximate surface area is 289 Å². The quantitative estimate of drug-likeness (QED) is 0.288. The summed E-state index contributed by atoms with van der Waals surface area (Å²) < 4.78 is 12.0. The van der Waals surface area contributed by atoms with Gasteiger partial charge in [-0.05, 0) is 94.5 Å². The zero-order chi connectivity index (χ0) is 35.2. The number of carbonyl (C=O) groups excluding carboxylic acids is 5. The molecule has 2 aromatic rings. The van der Waals surface area contributed by atoms with Gasteiger partial charge >= 0.3 is 18.0 Å². The molecule has 5 fully saturated rings. The van der Waals surface area contributed by atoms with Crippen LogP contribution in [0.3, 0.4) is 0 Å². The summed E-state index contributed by atoms with van der Waals surface area (Å²) in [6.07, 6.45) is 4.07. The molecule has 3 saturated carbocycles. The number of esters is 2. The molecule has 0 N–H and O–H groups in total. The summed E-state index contributed by atoms with van der Waals surface area (Å²) in [6, 6.07) is 9.18. The number of halogens is 1. The topological polar surface area (TPSA) is 123 Å². The lowest BCUT2D eigenvalue weighted by Crippen LogP contribution is -2.70. The molecule has 3 aliphatic carbocycles. The first-order chi connectivity index (χ1) is 23.0. The first kappa shape index (κ1) is 32.0. The maximum atomic E-state index is 15.5. The Morgan fingerprint density at radius 3 is 1.92 bits per heavy atom. The minimum atomic E-state index is -1.70. The second-order valence-corrected chi connectivity index (χ2v) is 16.5. The van der Waals surface area contributed by atoms with E-state index in [4.69, 9.17) is 21.1 Å². The van der Waals surface area contributed by atoms with Gasteiger partial charge in [-0.1, -0.05) is 51.3 Å². The first-order valence-corrected chi connectivity index (χ1v) is 17.3. The fourth-order valence-electron chi connectivity index (χ4n) is 9.45. The number of hydrogen-bond donors (Lipinski definition) is 0. The van der Waals surface area contributed by atoms with Crippen molar-refractivity contribution in [3.63, 3.8) is 0 Å². The summed E-state index contributed by atoms with van der Waals surface area (Å²) >= 11 is 6.69. The minimum Gasteiger partial charge on any atom is -0.448 e. The molecule has 1 aromatic heterocycles. The number of aromatic nitrogens is 1. The molecule has 8 rings (SSSR count). The third kappa shape index (κ3) is 3.50. The van der Waals surface area contributed by atoms with Gasteiger partial charge in [0.15, 0.2) is 11.2 Å². The number of pyridine rings is 1. The van der Waals surface area contributed by atoms with E-state index in [1.54, 1.807) is 56.4 Å². The third-order valence-electron chi connectivity index (χ3n) is 13.8. The van der Waals surface area contributed by atoms with Crippen molar-refractivity contribution < 1.29 is 33.4 Å². The van der Waals surface area contributed by atoms with Gasteiger partial charge in [0.05, 0.1) is 16.5 Å². The maximum Gasteiger partial charge on any atom is 0.339 e. The molecule has 4 amide bonds. The number of amides is 4. The molecule has 254 valence electrons. The van der Waals surface area contributed by atoms with Gasteiger partial charge in [-0.15, -0.1) is 0 Å². The molecule has 5 atom stereocenters. The van der Waals surface area contributed by atoms with Crippen LogP contribution in [-0.4, -0.2) is 50.9 Å². The average Bonchev–Trinajstić information content (AvgIpc) is 3.82. The van der Waals surface area contributed by atoms with Crippen LogP contribution in [0.15, 0.2) is 42.6 Å². The molecule has 0 spiro atoms. The number of anilines is 1. The van der Waals surface area contributed by atoms with E-state index in [2.05, 4.69) is 16.8 Å². The van der Waals surface area contributed by atoms with Gasteiger partial charge in [-0.3, -0.25) is 19.2 Å². The maximum absolute atomic E-state index is 15.5. The molecule has 11 heteroatoms. The highest BCUT2D eigenvalue weighted by molar-refractivity contribution is 6.31. The van der Waals surface area contributed by atoms with Crippen LogP contribution < -0.4 is 4.90 Å². The van der Waals surface area contributed by atoms with E-state index < -0.39 is 68.2 Å². The highest BCUT2D eigenvalue weighted by Gasteiger charge is 2.80. The number of hydrogen-bond acceptors (Lipinski definition) is 8. The lowest BCUT2D eigenvalue weighted by atomic mass is 9.65. The number of benzene rings is 1. The molecule has 0 unspecified atom stereocenters. The van der Waals surface area contributed by atoms with Crippen LogP contribution in [0.1, 0.15) is 91.3 Å². The number of urea groups is 1. The van der Waals surface area contributed by atoms with E-state index >= 15 is 14.4 Å². The highest BCUT2D eigenvalue weighted by atomic mass is 35.5. The van der Waals surface area contributed by atoms with Crippen molar-refractivity contribution in [1.29, 1.82) is 0 Å². The Kier molecular flexibility index (Phi) is 6.21. The molecule has 6 aliphatic rings. The Morgan fingerprint density at radius 1 is 0.837 bits per heavy atom. The van der Waals surface area contributed by atoms with Crippen molar-refractivity contribution in [3.05, 3.63) is 58.9 Å². The molecule has 4 heterocycles. The Balaban J connectivity index is 1.39. The van der Waals surface area contributed by atoms with Gasteiger partial charge in [-0.2, -0.15) is 0 Å². The molecule has 3 aliphatic heterocycles. The molecule has 0 radical (unpaired) electrons. The molecule has 1 aromatic carbocycles. The van der Waals surface area contributed by atoms with Crippen LogP contribution in [-0.2, 0) is 34.2 Å². The molecule has 10 nitrogen and oxygen atoms in total. The molecular formula is C38H38ClN3O7. The van der Waals surface area contributed by atoms with Crippen LogP contribution in [0, 0.1) is 39.4 Å². The Hall–Kier alpha value is -4.23. The van der Waals surface area contributed by atoms with E-state index in [9.17, 15) is 9.59 Å². The number of rotatable bonds is 3. The number of carbonyl (C=O) groups is 5. The van der Waals surface area contributed by atoms with Gasteiger partial charge in [0, 0.05) is 27.6 Å². The number of ether oxygens (including phenoxy) is 2. The van der Waals surface area contributed by atoms with Crippen molar-refractivity contribution in [2.45, 2.75) is 96.8 Å². The molecule has 49 heavy (non-hydrogen) atoms. The molecular weight excluding hydrogens is 646 g/mol. The van der Waals surface area contributed by atoms with Crippen LogP contribution in [0.5, 0.6) is 0 Å². The van der Waals surface area contributed by atoms with E-state index in [0.29, 0.717) is 42.0 Å². The van der Waals surface area contributed by atoms with E-state index in [1.165, 1.54) is 0 Å². The third-order valence-corrected chi connectivity index (χ3v) is 14.1. The SMILES string of the molecule is CC1(C)[C@@]2(C)CC[C@]1(C(=O)N1C(=O)N(C(=O)[C@@]34CC[C@@](C)(C(=O)O3)C4(C)C)[C@](C#Cc3ccccn3)(C3CC3)c3cc(Cl)ccc31)OC2=O. The monoisotopic (exact) mass is 683 g/mol. The Morgan fingerprint density at radius 2 is 1.43 bits per heavy atom. The second-order valence-electron chi connectivity index (χ2n) is 16.1. The minimum absolute atomic E-state index is 0.197. The zero-order valence-corrected chi connectivity index (χ0v) is 29.2. The van der Waals surface area contributed by atoms with Crippen LogP contribution in [0.4, 0.5) is 10.5 Å². The fourth-order valence-corrected chi connectivity index (χ4v) is 9.63. The summed E-state index contributed by atoms with van der Waals surface area (Å²) in [5.41, 5.74) is -7.81. The lowest BCUT2D eigenvalue weighted by molar-refractivity contribution is -0.175. The van der Waals surface area contributed by atoms with Crippen molar-refractivity contribution in [2.24, 2.45) is 27.6 Å². The smallest absolute Gasteiger partial charge is 0.339 e. The summed E-state index contributed by atoms with van der Waals surface area (Å²) in [5, 5.41) is 0.316. The second kappa shape index (κ2) is 9.51. The van der Waals surface area contributed by atoms with E-state index in [1.807, 2.05) is 27.7 Å². The van der Waals surface area contributed by atoms with Gasteiger partial charge in [0.1, 0.15) is 11.2 Å². The Bertz CT molecular complexity index is 1980. The fraction of sp³-hybridized carbons (Fsp3) is 0.526. The zero-order valence-electron chi connectivity index (χ0n) is 28.4. The number of imide groups is 2.